The summed E-state index contributed by atoms with van der Waals surface area (Å²) in [6.07, 6.45) is 0.976. The van der Waals surface area contributed by atoms with E-state index in [0.29, 0.717) is 5.75 Å². The van der Waals surface area contributed by atoms with Crippen molar-refractivity contribution in [1.82, 2.24) is 19.4 Å². The zero-order valence-electron chi connectivity index (χ0n) is 18.3. The lowest BCUT2D eigenvalue weighted by atomic mass is 10.1. The summed E-state index contributed by atoms with van der Waals surface area (Å²) < 4.78 is 57.9. The number of hydrogen-bond acceptors (Lipinski definition) is 8. The van der Waals surface area contributed by atoms with Crippen LogP contribution in [0.3, 0.4) is 0 Å². The average Bonchev–Trinajstić information content (AvgIpc) is 2.75. The van der Waals surface area contributed by atoms with Crippen LogP contribution in [0, 0.1) is 11.8 Å². The molecule has 1 aromatic carbocycles. The maximum Gasteiger partial charge on any atom is 0.263 e. The van der Waals surface area contributed by atoms with Crippen LogP contribution >= 0.6 is 0 Å². The molecule has 1 amide bonds. The van der Waals surface area contributed by atoms with Crippen LogP contribution in [-0.2, 0) is 24.8 Å². The zero-order valence-corrected chi connectivity index (χ0v) is 19.9. The monoisotopic (exact) mass is 488 g/mol. The number of benzene rings is 1. The molecule has 1 saturated heterocycles. The Labute approximate surface area is 188 Å². The molecular weight excluding hydrogens is 460 g/mol. The first-order chi connectivity index (χ1) is 14.9. The van der Waals surface area contributed by atoms with Crippen LogP contribution < -0.4 is 15.5 Å². The van der Waals surface area contributed by atoms with Gasteiger partial charge in [-0.3, -0.25) is 10.0 Å². The second kappa shape index (κ2) is 10.6. The minimum Gasteiger partial charge on any atom is -0.481 e. The highest BCUT2D eigenvalue weighted by Crippen LogP contribution is 2.27. The molecule has 0 spiro atoms. The largest absolute Gasteiger partial charge is 0.481 e. The van der Waals surface area contributed by atoms with Gasteiger partial charge in [0, 0.05) is 19.1 Å². The average molecular weight is 489 g/mol. The summed E-state index contributed by atoms with van der Waals surface area (Å²) in [7, 11) is -6.08. The highest BCUT2D eigenvalue weighted by Gasteiger charge is 2.47. The summed E-state index contributed by atoms with van der Waals surface area (Å²) in [5.41, 5.74) is 1.44. The Bertz CT molecular complexity index is 1080. The lowest BCUT2D eigenvalue weighted by molar-refractivity contribution is -0.135. The van der Waals surface area contributed by atoms with Crippen LogP contribution in [0.15, 0.2) is 29.2 Å². The molecule has 1 aliphatic rings. The first-order valence-corrected chi connectivity index (χ1v) is 13.0. The summed E-state index contributed by atoms with van der Waals surface area (Å²) in [5, 5.41) is 12.1. The molecule has 0 saturated carbocycles. The van der Waals surface area contributed by atoms with Gasteiger partial charge >= 0.3 is 0 Å². The maximum absolute atomic E-state index is 13.2. The first kappa shape index (κ1) is 26.0. The van der Waals surface area contributed by atoms with Crippen LogP contribution in [-0.4, -0.2) is 87.7 Å². The lowest BCUT2D eigenvalue weighted by Crippen LogP contribution is -2.65. The molecular formula is C19H28N4O7S2. The van der Waals surface area contributed by atoms with Gasteiger partial charge in [0.2, 0.25) is 20.0 Å². The first-order valence-electron chi connectivity index (χ1n) is 9.74. The molecule has 3 unspecified atom stereocenters. The van der Waals surface area contributed by atoms with Gasteiger partial charge in [-0.15, -0.1) is 0 Å². The summed E-state index contributed by atoms with van der Waals surface area (Å²) in [4.78, 5) is 12.2. The van der Waals surface area contributed by atoms with E-state index in [9.17, 15) is 21.6 Å². The Morgan fingerprint density at radius 3 is 2.34 bits per heavy atom. The van der Waals surface area contributed by atoms with E-state index in [1.54, 1.807) is 7.05 Å². The summed E-state index contributed by atoms with van der Waals surface area (Å²) >= 11 is 0. The number of hydroxylamine groups is 1. The number of piperazine rings is 1. The van der Waals surface area contributed by atoms with Crippen LogP contribution in [0.5, 0.6) is 5.75 Å². The highest BCUT2D eigenvalue weighted by molar-refractivity contribution is 7.89. The molecule has 0 aliphatic carbocycles. The molecule has 3 atom stereocenters. The third-order valence-corrected chi connectivity index (χ3v) is 8.32. The van der Waals surface area contributed by atoms with Crippen molar-refractivity contribution < 1.29 is 31.6 Å². The molecule has 0 bridgehead atoms. The van der Waals surface area contributed by atoms with E-state index in [0.717, 1.165) is 14.9 Å². The topological polar surface area (TPSA) is 145 Å². The summed E-state index contributed by atoms with van der Waals surface area (Å²) in [6, 6.07) is 3.13. The number of carbonyl (C=O) groups excluding carboxylic acids is 1. The van der Waals surface area contributed by atoms with Crippen molar-refractivity contribution in [3.63, 3.8) is 0 Å². The number of sulfonamides is 2. The standard InChI is InChI=1S/C19H28N4O7S2/c1-14(20-3)6-5-13-30-16-7-9-17(10-8-16)32(28,29)23-12-11-22(31(4,26)27)15(2)18(23)19(24)21-25/h7-10,14-15,18,20,25H,11-13H2,1-4H3,(H,21,24). The quantitative estimate of drug-likeness (QED) is 0.257. The maximum atomic E-state index is 13.2. The van der Waals surface area contributed by atoms with Crippen molar-refractivity contribution in [3.05, 3.63) is 24.3 Å². The molecule has 178 valence electrons. The van der Waals surface area contributed by atoms with E-state index in [1.807, 2.05) is 6.92 Å². The molecule has 13 heteroatoms. The van der Waals surface area contributed by atoms with Crippen molar-refractivity contribution in [2.24, 2.45) is 0 Å². The number of nitrogens with one attached hydrogen (secondary N) is 2. The molecule has 3 N–H and O–H groups in total. The van der Waals surface area contributed by atoms with Gasteiger partial charge in [0.15, 0.2) is 0 Å². The Hall–Kier alpha value is -2.21. The summed E-state index contributed by atoms with van der Waals surface area (Å²) in [6.45, 7) is 3.06. The second-order valence-electron chi connectivity index (χ2n) is 7.24. The molecule has 2 rings (SSSR count). The minimum absolute atomic E-state index is 0.0146. The molecule has 1 heterocycles. The van der Waals surface area contributed by atoms with Crippen molar-refractivity contribution in [2.45, 2.75) is 36.9 Å². The minimum atomic E-state index is -4.18. The molecule has 1 aliphatic heterocycles. The Kier molecular flexibility index (Phi) is 8.63. The molecule has 32 heavy (non-hydrogen) atoms. The van der Waals surface area contributed by atoms with Gasteiger partial charge < -0.3 is 10.1 Å². The van der Waals surface area contributed by atoms with Gasteiger partial charge in [-0.05, 0) is 45.2 Å². The number of hydrogen-bond donors (Lipinski definition) is 3. The van der Waals surface area contributed by atoms with Crippen LogP contribution in [0.2, 0.25) is 0 Å². The molecule has 0 aromatic heterocycles. The Morgan fingerprint density at radius 1 is 1.22 bits per heavy atom. The predicted octanol–water partition coefficient (Wildman–Crippen LogP) is -0.795. The van der Waals surface area contributed by atoms with E-state index in [4.69, 9.17) is 9.94 Å². The van der Waals surface area contributed by atoms with Gasteiger partial charge in [0.25, 0.3) is 5.91 Å². The highest BCUT2D eigenvalue weighted by atomic mass is 32.2. The number of carbonyl (C=O) groups is 1. The number of rotatable bonds is 7. The van der Waals surface area contributed by atoms with Crippen molar-refractivity contribution >= 4 is 26.0 Å². The van der Waals surface area contributed by atoms with Gasteiger partial charge in [0.05, 0.1) is 17.2 Å². The number of amides is 1. The smallest absolute Gasteiger partial charge is 0.263 e. The zero-order chi connectivity index (χ0) is 24.1. The Balaban J connectivity index is 2.25. The molecule has 0 radical (unpaired) electrons. The SMILES string of the molecule is CNC(C)C#CCOc1ccc(S(=O)(=O)N2CCN(S(C)(=O)=O)C(C)C2C(=O)NO)cc1. The molecule has 1 aromatic rings. The Morgan fingerprint density at radius 2 is 1.81 bits per heavy atom. The van der Waals surface area contributed by atoms with Crippen LogP contribution in [0.25, 0.3) is 0 Å². The van der Waals surface area contributed by atoms with Gasteiger partial charge in [-0.1, -0.05) is 11.8 Å². The second-order valence-corrected chi connectivity index (χ2v) is 11.1. The lowest BCUT2D eigenvalue weighted by Gasteiger charge is -2.42. The third-order valence-electron chi connectivity index (χ3n) is 5.06. The van der Waals surface area contributed by atoms with E-state index in [1.165, 1.54) is 36.7 Å². The van der Waals surface area contributed by atoms with Crippen molar-refractivity contribution in [3.8, 4) is 17.6 Å². The fraction of sp³-hybridized carbons (Fsp3) is 0.526. The van der Waals surface area contributed by atoms with Crippen molar-refractivity contribution in [2.75, 3.05) is 33.0 Å². The van der Waals surface area contributed by atoms with E-state index < -0.39 is 38.0 Å². The van der Waals surface area contributed by atoms with Crippen LogP contribution in [0.1, 0.15) is 13.8 Å². The van der Waals surface area contributed by atoms with Gasteiger partial charge in [0.1, 0.15) is 18.4 Å². The normalized spacial score (nSPS) is 21.3. The number of ether oxygens (including phenoxy) is 1. The molecule has 1 fully saturated rings. The van der Waals surface area contributed by atoms with E-state index >= 15 is 0 Å². The van der Waals surface area contributed by atoms with E-state index in [-0.39, 0.29) is 30.6 Å². The van der Waals surface area contributed by atoms with E-state index in [2.05, 4.69) is 17.2 Å². The van der Waals surface area contributed by atoms with Crippen molar-refractivity contribution in [1.29, 1.82) is 0 Å². The third kappa shape index (κ3) is 5.97. The van der Waals surface area contributed by atoms with Gasteiger partial charge in [-0.25, -0.2) is 22.3 Å². The fourth-order valence-electron chi connectivity index (χ4n) is 3.32. The van der Waals surface area contributed by atoms with Gasteiger partial charge in [-0.2, -0.15) is 8.61 Å². The fourth-order valence-corrected chi connectivity index (χ4v) is 6.10. The number of nitrogens with zero attached hydrogens (tertiary/aromatic N) is 2. The summed E-state index contributed by atoms with van der Waals surface area (Å²) in [5.74, 6) is 5.16. The van der Waals surface area contributed by atoms with Crippen LogP contribution in [0.4, 0.5) is 0 Å². The predicted molar refractivity (Wildman–Crippen MR) is 117 cm³/mol. The molecule has 11 nitrogen and oxygen atoms in total.